The summed E-state index contributed by atoms with van der Waals surface area (Å²) < 4.78 is 1.98. The van der Waals surface area contributed by atoms with E-state index in [1.165, 1.54) is 16.8 Å². The van der Waals surface area contributed by atoms with Gasteiger partial charge >= 0.3 is 0 Å². The minimum atomic E-state index is -0.444. The molecule has 1 atom stereocenters. The van der Waals surface area contributed by atoms with Crippen LogP contribution in [-0.2, 0) is 16.1 Å². The molecule has 4 aromatic carbocycles. The molecule has 0 saturated carbocycles. The highest BCUT2D eigenvalue weighted by atomic mass is 35.5. The fraction of sp³-hybridized carbons (Fsp3) is 0.0667. The highest BCUT2D eigenvalue weighted by Gasteiger charge is 2.38. The zero-order valence-corrected chi connectivity index (χ0v) is 22.3. The fourth-order valence-corrected chi connectivity index (χ4v) is 6.14. The quantitative estimate of drug-likeness (QED) is 0.228. The molecule has 5 nitrogen and oxygen atoms in total. The normalized spacial score (nSPS) is 16.6. The number of para-hydroxylation sites is 2. The number of rotatable bonds is 5. The van der Waals surface area contributed by atoms with E-state index in [-0.39, 0.29) is 18.4 Å². The van der Waals surface area contributed by atoms with E-state index in [2.05, 4.69) is 17.6 Å². The van der Waals surface area contributed by atoms with E-state index in [0.29, 0.717) is 15.0 Å². The van der Waals surface area contributed by atoms with Crippen LogP contribution in [0, 0.1) is 0 Å². The van der Waals surface area contributed by atoms with Crippen LogP contribution in [-0.4, -0.2) is 21.4 Å². The zero-order valence-electron chi connectivity index (χ0n) is 20.0. The third-order valence-electron chi connectivity index (χ3n) is 6.45. The molecule has 6 rings (SSSR count). The molecule has 1 aromatic heterocycles. The van der Waals surface area contributed by atoms with Gasteiger partial charge in [-0.25, -0.2) is 5.01 Å². The highest BCUT2D eigenvalue weighted by Crippen LogP contribution is 2.45. The smallest absolute Gasteiger partial charge is 0.280 e. The second-order valence-electron chi connectivity index (χ2n) is 8.91. The summed E-state index contributed by atoms with van der Waals surface area (Å²) in [5, 5.41) is 4.34. The Morgan fingerprint density at radius 3 is 1.97 bits per heavy atom. The topological polar surface area (TPSA) is 54.3 Å². The maximum Gasteiger partial charge on any atom is 0.280 e. The molecule has 2 heterocycles. The Kier molecular flexibility index (Phi) is 6.62. The van der Waals surface area contributed by atoms with E-state index in [1.54, 1.807) is 24.3 Å². The molecule has 0 radical (unpaired) electrons. The summed E-state index contributed by atoms with van der Waals surface area (Å²) in [6, 6.07) is 30.6. The van der Waals surface area contributed by atoms with Crippen molar-refractivity contribution >= 4 is 74.7 Å². The van der Waals surface area contributed by atoms with Crippen LogP contribution >= 0.6 is 35.0 Å². The summed E-state index contributed by atoms with van der Waals surface area (Å²) in [6.45, 7) is 0.0616. The Labute approximate surface area is 233 Å². The van der Waals surface area contributed by atoms with Crippen LogP contribution in [0.1, 0.15) is 16.5 Å². The lowest BCUT2D eigenvalue weighted by Gasteiger charge is -2.24. The van der Waals surface area contributed by atoms with Gasteiger partial charge in [-0.15, -0.1) is 0 Å². The maximum absolute atomic E-state index is 13.6. The number of hydrogen-bond acceptors (Lipinski definition) is 3. The number of benzene rings is 4. The summed E-state index contributed by atoms with van der Waals surface area (Å²) in [5.74, 6) is -0.572. The number of nitrogens with one attached hydrogen (secondary N) is 1. The number of thioether (sulfide) groups is 1. The van der Waals surface area contributed by atoms with Crippen LogP contribution < -0.4 is 5.43 Å². The minimum Gasteiger partial charge on any atom is -0.331 e. The molecule has 1 aliphatic heterocycles. The van der Waals surface area contributed by atoms with Gasteiger partial charge in [-0.3, -0.25) is 15.0 Å². The molecule has 1 aliphatic rings. The molecule has 0 aliphatic carbocycles. The van der Waals surface area contributed by atoms with E-state index >= 15 is 0 Å². The van der Waals surface area contributed by atoms with Crippen LogP contribution in [0.25, 0.3) is 27.9 Å². The van der Waals surface area contributed by atoms with Crippen molar-refractivity contribution in [2.24, 2.45) is 0 Å². The number of carbonyl (C=O) groups is 2. The number of aromatic nitrogens is 1. The lowest BCUT2D eigenvalue weighted by Crippen LogP contribution is -2.45. The van der Waals surface area contributed by atoms with Crippen LogP contribution in [0.5, 0.6) is 0 Å². The lowest BCUT2D eigenvalue weighted by molar-refractivity contribution is -0.138. The van der Waals surface area contributed by atoms with Crippen molar-refractivity contribution in [1.29, 1.82) is 0 Å². The predicted octanol–water partition coefficient (Wildman–Crippen LogP) is 7.45. The second kappa shape index (κ2) is 10.2. The van der Waals surface area contributed by atoms with Crippen molar-refractivity contribution in [3.8, 4) is 0 Å². The van der Waals surface area contributed by atoms with Gasteiger partial charge in [0.25, 0.3) is 11.8 Å². The van der Waals surface area contributed by atoms with E-state index in [1.807, 2.05) is 71.3 Å². The zero-order chi connectivity index (χ0) is 26.2. The number of amides is 2. The predicted molar refractivity (Wildman–Crippen MR) is 156 cm³/mol. The standard InChI is InChI=1S/C30H21Cl2N3O2S/c31-21-13-9-19(10-14-21)17-27-29(37)35(30(38-27)20-11-15-22(32)16-12-20)33-28(36)18-34-25-7-3-1-5-23(25)24-6-2-4-8-26(24)34/h1-17,30H,18H2,(H,33,36)/b27-17-. The first-order chi connectivity index (χ1) is 18.5. The Bertz CT molecular complexity index is 1660. The molecule has 188 valence electrons. The lowest BCUT2D eigenvalue weighted by atomic mass is 10.2. The van der Waals surface area contributed by atoms with Crippen molar-refractivity contribution in [3.63, 3.8) is 0 Å². The van der Waals surface area contributed by atoms with Gasteiger partial charge in [0.15, 0.2) is 0 Å². The van der Waals surface area contributed by atoms with Crippen molar-refractivity contribution in [2.45, 2.75) is 11.9 Å². The van der Waals surface area contributed by atoms with E-state index < -0.39 is 5.37 Å². The number of hydrogen-bond donors (Lipinski definition) is 1. The number of hydrazine groups is 1. The minimum absolute atomic E-state index is 0.0616. The average molecular weight is 558 g/mol. The van der Waals surface area contributed by atoms with Crippen molar-refractivity contribution in [1.82, 2.24) is 15.0 Å². The first-order valence-corrected chi connectivity index (χ1v) is 13.6. The van der Waals surface area contributed by atoms with Crippen LogP contribution in [0.4, 0.5) is 0 Å². The number of fused-ring (bicyclic) bond motifs is 3. The first kappa shape index (κ1) is 24.6. The van der Waals surface area contributed by atoms with Gasteiger partial charge < -0.3 is 4.57 Å². The summed E-state index contributed by atoms with van der Waals surface area (Å²) in [4.78, 5) is 27.5. The van der Waals surface area contributed by atoms with Crippen LogP contribution in [0.2, 0.25) is 10.0 Å². The summed E-state index contributed by atoms with van der Waals surface area (Å²) in [7, 11) is 0. The maximum atomic E-state index is 13.6. The molecule has 1 saturated heterocycles. The number of carbonyl (C=O) groups excluding carboxylic acids is 2. The molecular weight excluding hydrogens is 537 g/mol. The third kappa shape index (κ3) is 4.67. The average Bonchev–Trinajstić information content (AvgIpc) is 3.41. The van der Waals surface area contributed by atoms with Gasteiger partial charge in [0.2, 0.25) is 0 Å². The van der Waals surface area contributed by atoms with Gasteiger partial charge in [0.05, 0.1) is 4.91 Å². The molecule has 38 heavy (non-hydrogen) atoms. The molecule has 1 fully saturated rings. The summed E-state index contributed by atoms with van der Waals surface area (Å²) >= 11 is 13.5. The van der Waals surface area contributed by atoms with Crippen LogP contribution in [0.15, 0.2) is 102 Å². The fourth-order valence-electron chi connectivity index (χ4n) is 4.70. The van der Waals surface area contributed by atoms with Crippen LogP contribution in [0.3, 0.4) is 0 Å². The van der Waals surface area contributed by atoms with Crippen molar-refractivity contribution in [2.75, 3.05) is 0 Å². The third-order valence-corrected chi connectivity index (χ3v) is 8.21. The highest BCUT2D eigenvalue weighted by molar-refractivity contribution is 8.04. The summed E-state index contributed by atoms with van der Waals surface area (Å²) in [6.07, 6.45) is 1.81. The SMILES string of the molecule is O=C(Cn1c2ccccc2c2ccccc21)NN1C(=O)/C(=C/c2ccc(Cl)cc2)SC1c1ccc(Cl)cc1. The monoisotopic (exact) mass is 557 g/mol. The molecular formula is C30H21Cl2N3O2S. The molecule has 2 amide bonds. The Hall–Kier alpha value is -3.71. The molecule has 1 N–H and O–H groups in total. The van der Waals surface area contributed by atoms with E-state index in [0.717, 1.165) is 32.9 Å². The van der Waals surface area contributed by atoms with E-state index in [9.17, 15) is 9.59 Å². The van der Waals surface area contributed by atoms with Crippen molar-refractivity contribution < 1.29 is 9.59 Å². The summed E-state index contributed by atoms with van der Waals surface area (Å²) in [5.41, 5.74) is 6.51. The van der Waals surface area contributed by atoms with Gasteiger partial charge in [0, 0.05) is 31.9 Å². The van der Waals surface area contributed by atoms with E-state index in [4.69, 9.17) is 23.2 Å². The Morgan fingerprint density at radius 2 is 1.37 bits per heavy atom. The molecule has 0 spiro atoms. The molecule has 8 heteroatoms. The molecule has 5 aromatic rings. The molecule has 1 unspecified atom stereocenters. The Morgan fingerprint density at radius 1 is 0.816 bits per heavy atom. The van der Waals surface area contributed by atoms with Gasteiger partial charge in [0.1, 0.15) is 11.9 Å². The molecule has 0 bridgehead atoms. The Balaban J connectivity index is 1.32. The van der Waals surface area contributed by atoms with Gasteiger partial charge in [-0.05, 0) is 53.6 Å². The number of halogens is 2. The number of nitrogens with zero attached hydrogens (tertiary/aromatic N) is 2. The largest absolute Gasteiger partial charge is 0.331 e. The van der Waals surface area contributed by atoms with Gasteiger partial charge in [-0.1, -0.05) is 95.6 Å². The second-order valence-corrected chi connectivity index (χ2v) is 10.9. The van der Waals surface area contributed by atoms with Crippen molar-refractivity contribution in [3.05, 3.63) is 123 Å². The first-order valence-electron chi connectivity index (χ1n) is 12.0. The van der Waals surface area contributed by atoms with Gasteiger partial charge in [-0.2, -0.15) is 0 Å².